The van der Waals surface area contributed by atoms with Gasteiger partial charge < -0.3 is 24.8 Å². The molecule has 3 aromatic heterocycles. The number of rotatable bonds is 4. The zero-order chi connectivity index (χ0) is 21.8. The molecule has 0 bridgehead atoms. The maximum Gasteiger partial charge on any atom is 0.225 e. The van der Waals surface area contributed by atoms with Crippen LogP contribution in [-0.4, -0.2) is 72.4 Å². The van der Waals surface area contributed by atoms with Gasteiger partial charge >= 0.3 is 0 Å². The van der Waals surface area contributed by atoms with E-state index in [1.54, 1.807) is 6.20 Å². The summed E-state index contributed by atoms with van der Waals surface area (Å²) in [5.74, 6) is 1.61. The Balaban J connectivity index is 1.39. The zero-order valence-electron chi connectivity index (χ0n) is 17.9. The van der Waals surface area contributed by atoms with Gasteiger partial charge in [0, 0.05) is 81.3 Å². The van der Waals surface area contributed by atoms with E-state index in [1.165, 1.54) is 0 Å². The maximum atomic E-state index is 9.64. The van der Waals surface area contributed by atoms with E-state index in [4.69, 9.17) is 4.74 Å². The standard InChI is InChI=1S/C23H26N8O/c24-14-18-13-21(29-22(18)30-7-4-25-5-8-30)17-2-3-26-20(12-17)19-15-27-23(28-16-19)31-6-1-10-32-11-9-31/h2-3,12-13,15-16,25,29H,1,4-11H2. The summed E-state index contributed by atoms with van der Waals surface area (Å²) < 4.78 is 5.51. The van der Waals surface area contributed by atoms with Crippen LogP contribution in [0.4, 0.5) is 11.8 Å². The summed E-state index contributed by atoms with van der Waals surface area (Å²) in [6.45, 7) is 6.77. The molecule has 32 heavy (non-hydrogen) atoms. The van der Waals surface area contributed by atoms with Crippen molar-refractivity contribution in [1.82, 2.24) is 25.3 Å². The number of anilines is 2. The molecule has 2 saturated heterocycles. The van der Waals surface area contributed by atoms with Crippen LogP contribution < -0.4 is 15.1 Å². The Morgan fingerprint density at radius 3 is 2.59 bits per heavy atom. The van der Waals surface area contributed by atoms with Crippen molar-refractivity contribution in [2.24, 2.45) is 0 Å². The Hall–Kier alpha value is -3.48. The van der Waals surface area contributed by atoms with E-state index in [1.807, 2.05) is 30.6 Å². The van der Waals surface area contributed by atoms with Crippen molar-refractivity contribution in [3.8, 4) is 28.6 Å². The molecule has 2 N–H and O–H groups in total. The van der Waals surface area contributed by atoms with Crippen LogP contribution in [-0.2, 0) is 4.74 Å². The second-order valence-electron chi connectivity index (χ2n) is 7.95. The van der Waals surface area contributed by atoms with Gasteiger partial charge in [-0.2, -0.15) is 5.26 Å². The monoisotopic (exact) mass is 430 g/mol. The molecule has 9 heteroatoms. The number of piperazine rings is 1. The smallest absolute Gasteiger partial charge is 0.225 e. The van der Waals surface area contributed by atoms with Crippen LogP contribution in [0.2, 0.25) is 0 Å². The first-order valence-electron chi connectivity index (χ1n) is 11.0. The van der Waals surface area contributed by atoms with Gasteiger partial charge in [-0.25, -0.2) is 9.97 Å². The molecule has 2 fully saturated rings. The van der Waals surface area contributed by atoms with Crippen molar-refractivity contribution in [2.75, 3.05) is 62.3 Å². The zero-order valence-corrected chi connectivity index (χ0v) is 17.9. The van der Waals surface area contributed by atoms with Gasteiger partial charge in [-0.05, 0) is 24.6 Å². The molecular formula is C23H26N8O. The average Bonchev–Trinajstić information content (AvgIpc) is 3.12. The average molecular weight is 431 g/mol. The number of hydrogen-bond acceptors (Lipinski definition) is 8. The van der Waals surface area contributed by atoms with Gasteiger partial charge in [0.05, 0.1) is 17.9 Å². The molecule has 2 aliphatic rings. The Morgan fingerprint density at radius 1 is 0.938 bits per heavy atom. The Bertz CT molecular complexity index is 1090. The number of aromatic amines is 1. The Kier molecular flexibility index (Phi) is 5.96. The minimum Gasteiger partial charge on any atom is -0.380 e. The first-order valence-corrected chi connectivity index (χ1v) is 11.0. The number of pyridine rings is 1. The van der Waals surface area contributed by atoms with Crippen LogP contribution in [0.5, 0.6) is 0 Å². The quantitative estimate of drug-likeness (QED) is 0.648. The number of nitriles is 1. The highest BCUT2D eigenvalue weighted by Crippen LogP contribution is 2.29. The van der Waals surface area contributed by atoms with E-state index in [0.29, 0.717) is 12.2 Å². The highest BCUT2D eigenvalue weighted by Gasteiger charge is 2.18. The van der Waals surface area contributed by atoms with Gasteiger partial charge in [-0.3, -0.25) is 4.98 Å². The normalized spacial score (nSPS) is 17.1. The predicted molar refractivity (Wildman–Crippen MR) is 122 cm³/mol. The summed E-state index contributed by atoms with van der Waals surface area (Å²) in [5.41, 5.74) is 4.19. The van der Waals surface area contributed by atoms with Crippen molar-refractivity contribution in [2.45, 2.75) is 6.42 Å². The summed E-state index contributed by atoms with van der Waals surface area (Å²) in [5, 5.41) is 13.0. The third-order valence-electron chi connectivity index (χ3n) is 5.86. The molecule has 0 spiro atoms. The molecule has 0 unspecified atom stereocenters. The third-order valence-corrected chi connectivity index (χ3v) is 5.86. The SMILES string of the molecule is N#Cc1cc(-c2ccnc(-c3cnc(N4CCCOCC4)nc3)c2)[nH]c1N1CCNCC1. The van der Waals surface area contributed by atoms with Gasteiger partial charge in [0.2, 0.25) is 5.95 Å². The van der Waals surface area contributed by atoms with Crippen molar-refractivity contribution in [1.29, 1.82) is 5.26 Å². The Morgan fingerprint density at radius 2 is 1.78 bits per heavy atom. The van der Waals surface area contributed by atoms with Crippen molar-refractivity contribution in [3.63, 3.8) is 0 Å². The largest absolute Gasteiger partial charge is 0.380 e. The second kappa shape index (κ2) is 9.34. The number of nitrogens with one attached hydrogen (secondary N) is 2. The fourth-order valence-electron chi connectivity index (χ4n) is 4.14. The lowest BCUT2D eigenvalue weighted by Crippen LogP contribution is -2.44. The number of hydrogen-bond donors (Lipinski definition) is 2. The lowest BCUT2D eigenvalue weighted by molar-refractivity contribution is 0.152. The highest BCUT2D eigenvalue weighted by atomic mass is 16.5. The molecule has 0 aliphatic carbocycles. The minimum absolute atomic E-state index is 0.661. The first-order chi connectivity index (χ1) is 15.8. The number of nitrogens with zero attached hydrogens (tertiary/aromatic N) is 6. The van der Waals surface area contributed by atoms with Crippen LogP contribution in [0, 0.1) is 11.3 Å². The van der Waals surface area contributed by atoms with Crippen LogP contribution in [0.25, 0.3) is 22.5 Å². The fraction of sp³-hybridized carbons (Fsp3) is 0.391. The van der Waals surface area contributed by atoms with Gasteiger partial charge in [-0.15, -0.1) is 0 Å². The number of aromatic nitrogens is 4. The summed E-state index contributed by atoms with van der Waals surface area (Å²) in [7, 11) is 0. The lowest BCUT2D eigenvalue weighted by atomic mass is 10.1. The molecule has 9 nitrogen and oxygen atoms in total. The number of H-pyrrole nitrogens is 1. The van der Waals surface area contributed by atoms with Gasteiger partial charge in [-0.1, -0.05) is 0 Å². The second-order valence-corrected chi connectivity index (χ2v) is 7.95. The molecule has 0 aromatic carbocycles. The molecule has 0 radical (unpaired) electrons. The minimum atomic E-state index is 0.661. The first kappa shape index (κ1) is 20.4. The predicted octanol–water partition coefficient (Wildman–Crippen LogP) is 2.04. The van der Waals surface area contributed by atoms with Crippen LogP contribution >= 0.6 is 0 Å². The Labute approximate surface area is 187 Å². The van der Waals surface area contributed by atoms with Gasteiger partial charge in [0.1, 0.15) is 11.9 Å². The molecule has 3 aromatic rings. The molecular weight excluding hydrogens is 404 g/mol. The maximum absolute atomic E-state index is 9.64. The van der Waals surface area contributed by atoms with Crippen molar-refractivity contribution >= 4 is 11.8 Å². The van der Waals surface area contributed by atoms with E-state index in [9.17, 15) is 5.26 Å². The summed E-state index contributed by atoms with van der Waals surface area (Å²) in [4.78, 5) is 21.5. The van der Waals surface area contributed by atoms with E-state index < -0.39 is 0 Å². The van der Waals surface area contributed by atoms with E-state index in [0.717, 1.165) is 86.6 Å². The van der Waals surface area contributed by atoms with Crippen molar-refractivity contribution in [3.05, 3.63) is 42.4 Å². The summed E-state index contributed by atoms with van der Waals surface area (Å²) in [6.07, 6.45) is 6.40. The van der Waals surface area contributed by atoms with E-state index >= 15 is 0 Å². The highest BCUT2D eigenvalue weighted by molar-refractivity contribution is 5.72. The molecule has 5 heterocycles. The van der Waals surface area contributed by atoms with E-state index in [2.05, 4.69) is 41.1 Å². The molecule has 2 aliphatic heterocycles. The third kappa shape index (κ3) is 4.28. The summed E-state index contributed by atoms with van der Waals surface area (Å²) in [6, 6.07) is 8.20. The molecule has 164 valence electrons. The lowest BCUT2D eigenvalue weighted by Gasteiger charge is -2.28. The molecule has 0 amide bonds. The number of ether oxygens (including phenoxy) is 1. The van der Waals surface area contributed by atoms with Gasteiger partial charge in [0.15, 0.2) is 0 Å². The van der Waals surface area contributed by atoms with Crippen LogP contribution in [0.3, 0.4) is 0 Å². The molecule has 5 rings (SSSR count). The molecule has 0 atom stereocenters. The van der Waals surface area contributed by atoms with Gasteiger partial charge in [0.25, 0.3) is 0 Å². The fourth-order valence-corrected chi connectivity index (χ4v) is 4.14. The van der Waals surface area contributed by atoms with Crippen LogP contribution in [0.1, 0.15) is 12.0 Å². The van der Waals surface area contributed by atoms with Crippen LogP contribution in [0.15, 0.2) is 36.8 Å². The molecule has 0 saturated carbocycles. The summed E-state index contributed by atoms with van der Waals surface area (Å²) >= 11 is 0. The van der Waals surface area contributed by atoms with Crippen molar-refractivity contribution < 1.29 is 4.74 Å². The van der Waals surface area contributed by atoms with E-state index in [-0.39, 0.29) is 0 Å². The topological polar surface area (TPSA) is 106 Å².